The van der Waals surface area contributed by atoms with Crippen molar-refractivity contribution >= 4 is 15.7 Å². The Hall–Kier alpha value is -1.15. The Balaban J connectivity index is 2.14. The monoisotopic (exact) mass is 286 g/mol. The number of anilines is 1. The fourth-order valence-corrected chi connectivity index (χ4v) is 2.63. The zero-order valence-electron chi connectivity index (χ0n) is 10.5. The van der Waals surface area contributed by atoms with Crippen LogP contribution >= 0.6 is 0 Å². The van der Waals surface area contributed by atoms with Crippen LogP contribution in [0.3, 0.4) is 0 Å². The predicted octanol–water partition coefficient (Wildman–Crippen LogP) is 0.287. The number of aliphatic hydroxyl groups excluding tert-OH is 1. The fourth-order valence-electron chi connectivity index (χ4n) is 2.12. The van der Waals surface area contributed by atoms with Gasteiger partial charge in [-0.05, 0) is 37.1 Å². The Morgan fingerprint density at radius 3 is 2.32 bits per heavy atom. The van der Waals surface area contributed by atoms with Crippen molar-refractivity contribution in [2.45, 2.75) is 23.3 Å². The number of nitrogens with two attached hydrogens (primary N) is 1. The molecular formula is C12H18N2O4S. The highest BCUT2D eigenvalue weighted by molar-refractivity contribution is 7.89. The van der Waals surface area contributed by atoms with Gasteiger partial charge in [-0.3, -0.25) is 0 Å². The van der Waals surface area contributed by atoms with E-state index < -0.39 is 15.6 Å². The molecule has 0 bridgehead atoms. The number of hydrogen-bond acceptors (Lipinski definition) is 5. The van der Waals surface area contributed by atoms with E-state index in [4.69, 9.17) is 9.88 Å². The fraction of sp³-hybridized carbons (Fsp3) is 0.500. The van der Waals surface area contributed by atoms with Crippen molar-refractivity contribution in [1.29, 1.82) is 0 Å². The SMILES string of the molecule is NS(=O)(=O)c1ccc(NC2(CO)CCOCC2)cc1. The standard InChI is InChI=1S/C12H18N2O4S/c13-19(16,17)11-3-1-10(2-4-11)14-12(9-15)5-7-18-8-6-12/h1-4,14-15H,5-9H2,(H2,13,16,17). The van der Waals surface area contributed by atoms with Crippen molar-refractivity contribution in [2.24, 2.45) is 5.14 Å². The summed E-state index contributed by atoms with van der Waals surface area (Å²) in [6, 6.07) is 6.18. The average Bonchev–Trinajstić information content (AvgIpc) is 2.39. The number of hydrogen-bond donors (Lipinski definition) is 3. The van der Waals surface area contributed by atoms with Gasteiger partial charge in [-0.15, -0.1) is 0 Å². The summed E-state index contributed by atoms with van der Waals surface area (Å²) in [5, 5.41) is 17.8. The lowest BCUT2D eigenvalue weighted by Gasteiger charge is -2.37. The first-order valence-electron chi connectivity index (χ1n) is 6.05. The maximum absolute atomic E-state index is 11.2. The van der Waals surface area contributed by atoms with Crippen LogP contribution in [-0.2, 0) is 14.8 Å². The van der Waals surface area contributed by atoms with E-state index >= 15 is 0 Å². The Morgan fingerprint density at radius 2 is 1.84 bits per heavy atom. The van der Waals surface area contributed by atoms with Gasteiger partial charge in [-0.1, -0.05) is 0 Å². The molecule has 0 saturated carbocycles. The van der Waals surface area contributed by atoms with E-state index in [-0.39, 0.29) is 11.5 Å². The van der Waals surface area contributed by atoms with Gasteiger partial charge in [-0.2, -0.15) is 0 Å². The summed E-state index contributed by atoms with van der Waals surface area (Å²) < 4.78 is 27.6. The zero-order chi connectivity index (χ0) is 13.9. The number of sulfonamides is 1. The van der Waals surface area contributed by atoms with E-state index in [1.165, 1.54) is 12.1 Å². The average molecular weight is 286 g/mol. The van der Waals surface area contributed by atoms with Crippen LogP contribution in [-0.4, -0.2) is 38.9 Å². The third kappa shape index (κ3) is 3.44. The molecular weight excluding hydrogens is 268 g/mol. The van der Waals surface area contributed by atoms with E-state index in [9.17, 15) is 13.5 Å². The molecule has 1 aromatic rings. The lowest BCUT2D eigenvalue weighted by Crippen LogP contribution is -2.46. The van der Waals surface area contributed by atoms with Crippen molar-refractivity contribution in [2.75, 3.05) is 25.1 Å². The zero-order valence-corrected chi connectivity index (χ0v) is 11.3. The number of aliphatic hydroxyl groups is 1. The van der Waals surface area contributed by atoms with Crippen LogP contribution in [0.5, 0.6) is 0 Å². The third-order valence-electron chi connectivity index (χ3n) is 3.34. The normalized spacial score (nSPS) is 19.1. The second kappa shape index (κ2) is 5.46. The Labute approximate surface area is 112 Å². The molecule has 1 aliphatic heterocycles. The molecule has 0 unspecified atom stereocenters. The Bertz CT molecular complexity index is 521. The van der Waals surface area contributed by atoms with Gasteiger partial charge in [0.2, 0.25) is 10.0 Å². The first-order chi connectivity index (χ1) is 8.95. The predicted molar refractivity (Wildman–Crippen MR) is 71.3 cm³/mol. The molecule has 0 amide bonds. The smallest absolute Gasteiger partial charge is 0.238 e. The molecule has 1 aromatic carbocycles. The van der Waals surface area contributed by atoms with Gasteiger partial charge in [-0.25, -0.2) is 13.6 Å². The van der Waals surface area contributed by atoms with Gasteiger partial charge in [0.15, 0.2) is 0 Å². The summed E-state index contributed by atoms with van der Waals surface area (Å²) in [4.78, 5) is 0.0723. The molecule has 0 spiro atoms. The molecule has 1 fully saturated rings. The maximum atomic E-state index is 11.2. The largest absolute Gasteiger partial charge is 0.394 e. The number of rotatable bonds is 4. The van der Waals surface area contributed by atoms with Crippen LogP contribution < -0.4 is 10.5 Å². The number of benzene rings is 1. The lowest BCUT2D eigenvalue weighted by atomic mass is 9.90. The molecule has 1 aliphatic rings. The minimum absolute atomic E-state index is 0.00724. The van der Waals surface area contributed by atoms with Gasteiger partial charge < -0.3 is 15.2 Å². The molecule has 19 heavy (non-hydrogen) atoms. The molecule has 4 N–H and O–H groups in total. The van der Waals surface area contributed by atoms with E-state index in [1.807, 2.05) is 0 Å². The van der Waals surface area contributed by atoms with Gasteiger partial charge in [0, 0.05) is 18.9 Å². The first-order valence-corrected chi connectivity index (χ1v) is 7.60. The minimum atomic E-state index is -3.67. The van der Waals surface area contributed by atoms with Crippen LogP contribution in [0.4, 0.5) is 5.69 Å². The number of primary sulfonamides is 1. The quantitative estimate of drug-likeness (QED) is 0.738. The number of nitrogens with one attached hydrogen (secondary N) is 1. The summed E-state index contributed by atoms with van der Waals surface area (Å²) in [5.41, 5.74) is 0.352. The van der Waals surface area contributed by atoms with Gasteiger partial charge >= 0.3 is 0 Å². The molecule has 1 heterocycles. The molecule has 0 aliphatic carbocycles. The van der Waals surface area contributed by atoms with Crippen molar-refractivity contribution in [1.82, 2.24) is 0 Å². The van der Waals surface area contributed by atoms with Gasteiger partial charge in [0.25, 0.3) is 0 Å². The molecule has 6 nitrogen and oxygen atoms in total. The van der Waals surface area contributed by atoms with Gasteiger partial charge in [0.1, 0.15) is 0 Å². The van der Waals surface area contributed by atoms with E-state index in [0.717, 1.165) is 5.69 Å². The molecule has 0 aromatic heterocycles. The minimum Gasteiger partial charge on any atom is -0.394 e. The maximum Gasteiger partial charge on any atom is 0.238 e. The highest BCUT2D eigenvalue weighted by Gasteiger charge is 2.31. The van der Waals surface area contributed by atoms with Crippen molar-refractivity contribution < 1.29 is 18.3 Å². The second-order valence-electron chi connectivity index (χ2n) is 4.75. The van der Waals surface area contributed by atoms with Crippen LogP contribution in [0, 0.1) is 0 Å². The Kier molecular flexibility index (Phi) is 4.10. The summed E-state index contributed by atoms with van der Waals surface area (Å²) in [6.45, 7) is 1.21. The van der Waals surface area contributed by atoms with Crippen molar-refractivity contribution in [3.8, 4) is 0 Å². The summed E-state index contributed by atoms with van der Waals surface area (Å²) >= 11 is 0. The van der Waals surface area contributed by atoms with Crippen LogP contribution in [0.2, 0.25) is 0 Å². The summed E-state index contributed by atoms with van der Waals surface area (Å²) in [6.07, 6.45) is 1.42. The number of ether oxygens (including phenoxy) is 1. The lowest BCUT2D eigenvalue weighted by molar-refractivity contribution is 0.0380. The topological polar surface area (TPSA) is 102 Å². The van der Waals surface area contributed by atoms with Crippen LogP contribution in [0.15, 0.2) is 29.2 Å². The molecule has 2 rings (SSSR count). The molecule has 0 atom stereocenters. The van der Waals surface area contributed by atoms with Crippen molar-refractivity contribution in [3.63, 3.8) is 0 Å². The van der Waals surface area contributed by atoms with E-state index in [0.29, 0.717) is 26.1 Å². The second-order valence-corrected chi connectivity index (χ2v) is 6.31. The van der Waals surface area contributed by atoms with E-state index in [2.05, 4.69) is 5.32 Å². The Morgan fingerprint density at radius 1 is 1.26 bits per heavy atom. The van der Waals surface area contributed by atoms with Crippen LogP contribution in [0.1, 0.15) is 12.8 Å². The summed E-state index contributed by atoms with van der Waals surface area (Å²) in [7, 11) is -3.67. The molecule has 1 saturated heterocycles. The van der Waals surface area contributed by atoms with Gasteiger partial charge in [0.05, 0.1) is 17.0 Å². The molecule has 0 radical (unpaired) electrons. The first kappa shape index (κ1) is 14.3. The highest BCUT2D eigenvalue weighted by Crippen LogP contribution is 2.26. The molecule has 106 valence electrons. The molecule has 7 heteroatoms. The summed E-state index contributed by atoms with van der Waals surface area (Å²) in [5.74, 6) is 0. The third-order valence-corrected chi connectivity index (χ3v) is 4.27. The highest BCUT2D eigenvalue weighted by atomic mass is 32.2. The van der Waals surface area contributed by atoms with Crippen LogP contribution in [0.25, 0.3) is 0 Å². The van der Waals surface area contributed by atoms with E-state index in [1.54, 1.807) is 12.1 Å². The van der Waals surface area contributed by atoms with Crippen molar-refractivity contribution in [3.05, 3.63) is 24.3 Å².